The number of phenols is 1. The molecule has 1 saturated carbocycles. The fourth-order valence-electron chi connectivity index (χ4n) is 6.55. The van der Waals surface area contributed by atoms with E-state index in [4.69, 9.17) is 5.73 Å². The Bertz CT molecular complexity index is 1440. The quantitative estimate of drug-likeness (QED) is 0.489. The van der Waals surface area contributed by atoms with Crippen LogP contribution in [0.3, 0.4) is 0 Å². The molecule has 1 aromatic carbocycles. The molecular weight excluding hydrogens is 493 g/mol. The van der Waals surface area contributed by atoms with Gasteiger partial charge in [0.05, 0.1) is 17.9 Å². The van der Waals surface area contributed by atoms with E-state index in [1.54, 1.807) is 12.1 Å². The lowest BCUT2D eigenvalue weighted by Crippen LogP contribution is -2.60. The van der Waals surface area contributed by atoms with Crippen molar-refractivity contribution in [3.63, 3.8) is 0 Å². The molecule has 0 spiro atoms. The lowest BCUT2D eigenvalue weighted by molar-refractivity contribution is -0.0405. The molecule has 4 aliphatic rings. The molecule has 9 heteroatoms. The molecule has 2 atom stereocenters. The van der Waals surface area contributed by atoms with Crippen molar-refractivity contribution in [1.29, 1.82) is 0 Å². The molecule has 7 rings (SSSR count). The van der Waals surface area contributed by atoms with E-state index in [1.807, 2.05) is 24.4 Å². The van der Waals surface area contributed by atoms with Crippen LogP contribution in [-0.4, -0.2) is 75.7 Å². The van der Waals surface area contributed by atoms with Crippen molar-refractivity contribution in [3.05, 3.63) is 54.4 Å². The van der Waals surface area contributed by atoms with Crippen LogP contribution in [0.25, 0.3) is 11.3 Å². The van der Waals surface area contributed by atoms with Gasteiger partial charge in [-0.05, 0) is 67.9 Å². The minimum absolute atomic E-state index is 0.169. The summed E-state index contributed by atoms with van der Waals surface area (Å²) in [7, 11) is 0. The van der Waals surface area contributed by atoms with Gasteiger partial charge in [-0.3, -0.25) is 4.90 Å². The summed E-state index contributed by atoms with van der Waals surface area (Å²) in [5.41, 5.74) is 9.30. The normalized spacial score (nSPS) is 23.7. The van der Waals surface area contributed by atoms with Crippen LogP contribution in [0.4, 0.5) is 21.6 Å². The molecule has 3 saturated heterocycles. The van der Waals surface area contributed by atoms with Gasteiger partial charge in [0.1, 0.15) is 17.1 Å². The zero-order chi connectivity index (χ0) is 26.6. The van der Waals surface area contributed by atoms with Crippen molar-refractivity contribution in [2.24, 2.45) is 5.92 Å². The number of benzene rings is 1. The largest absolute Gasteiger partial charge is 0.507 e. The average molecular weight is 526 g/mol. The van der Waals surface area contributed by atoms with Crippen LogP contribution in [0, 0.1) is 17.8 Å². The maximum atomic E-state index is 14.6. The number of phenolic OH excluding ortho intramolecular Hbond substituents is 1. The van der Waals surface area contributed by atoms with Crippen LogP contribution in [0.15, 0.2) is 48.7 Å². The van der Waals surface area contributed by atoms with E-state index in [1.165, 1.54) is 0 Å². The summed E-state index contributed by atoms with van der Waals surface area (Å²) in [6.07, 6.45) is 6.09. The van der Waals surface area contributed by atoms with Gasteiger partial charge >= 0.3 is 0 Å². The van der Waals surface area contributed by atoms with Crippen molar-refractivity contribution in [2.75, 3.05) is 48.3 Å². The highest BCUT2D eigenvalue weighted by molar-refractivity contribution is 5.74. The minimum Gasteiger partial charge on any atom is -0.507 e. The van der Waals surface area contributed by atoms with Crippen LogP contribution in [-0.2, 0) is 0 Å². The molecule has 2 aromatic heterocycles. The fraction of sp³-hybridized carbons (Fsp3) is 0.433. The molecule has 3 aliphatic heterocycles. The van der Waals surface area contributed by atoms with Gasteiger partial charge < -0.3 is 20.6 Å². The third kappa shape index (κ3) is 4.53. The number of piperazine rings is 1. The fourth-order valence-corrected chi connectivity index (χ4v) is 6.55. The SMILES string of the molecule is Nc1nnc(-c2ccccc2O)cc1N1CC2CCC(C1)N2c1ccnc(C#CCN2CC(F)(C3CC3)C2)c1. The molecule has 200 valence electrons. The summed E-state index contributed by atoms with van der Waals surface area (Å²) in [6, 6.07) is 13.9. The zero-order valence-corrected chi connectivity index (χ0v) is 21.8. The number of fused-ring (bicyclic) bond motifs is 2. The number of para-hydroxylation sites is 1. The third-order valence-corrected chi connectivity index (χ3v) is 8.65. The van der Waals surface area contributed by atoms with Gasteiger partial charge in [-0.25, -0.2) is 9.37 Å². The Morgan fingerprint density at radius 2 is 1.79 bits per heavy atom. The molecule has 5 heterocycles. The number of aromatic hydroxyl groups is 1. The zero-order valence-electron chi connectivity index (χ0n) is 21.8. The van der Waals surface area contributed by atoms with Crippen LogP contribution < -0.4 is 15.5 Å². The van der Waals surface area contributed by atoms with Crippen molar-refractivity contribution in [3.8, 4) is 28.8 Å². The Balaban J connectivity index is 1.05. The van der Waals surface area contributed by atoms with Gasteiger partial charge in [0.2, 0.25) is 0 Å². The van der Waals surface area contributed by atoms with Crippen molar-refractivity contribution in [2.45, 2.75) is 43.4 Å². The molecular formula is C30H32FN7O. The number of nitrogens with two attached hydrogens (primary N) is 1. The van der Waals surface area contributed by atoms with E-state index in [0.717, 1.165) is 55.8 Å². The van der Waals surface area contributed by atoms with Gasteiger partial charge in [0.25, 0.3) is 0 Å². The molecule has 8 nitrogen and oxygen atoms in total. The Hall–Kier alpha value is -3.90. The predicted octanol–water partition coefficient (Wildman–Crippen LogP) is 3.47. The number of likely N-dealkylation sites (tertiary alicyclic amines) is 1. The number of pyridine rings is 1. The molecule has 0 radical (unpaired) electrons. The first kappa shape index (κ1) is 24.2. The van der Waals surface area contributed by atoms with Crippen molar-refractivity contribution < 1.29 is 9.50 Å². The Labute approximate surface area is 227 Å². The summed E-state index contributed by atoms with van der Waals surface area (Å²) in [6.45, 7) is 3.24. The molecule has 3 N–H and O–H groups in total. The molecule has 2 bridgehead atoms. The van der Waals surface area contributed by atoms with E-state index in [0.29, 0.717) is 48.8 Å². The van der Waals surface area contributed by atoms with Crippen LogP contribution >= 0.6 is 0 Å². The lowest BCUT2D eigenvalue weighted by Gasteiger charge is -2.44. The van der Waals surface area contributed by atoms with E-state index in [-0.39, 0.29) is 11.7 Å². The number of hydrogen-bond acceptors (Lipinski definition) is 8. The first-order chi connectivity index (χ1) is 19.0. The van der Waals surface area contributed by atoms with Gasteiger partial charge in [0, 0.05) is 55.7 Å². The molecule has 1 aliphatic carbocycles. The lowest BCUT2D eigenvalue weighted by atomic mass is 9.91. The van der Waals surface area contributed by atoms with Crippen molar-refractivity contribution in [1.82, 2.24) is 20.1 Å². The highest BCUT2D eigenvalue weighted by Gasteiger charge is 2.53. The second-order valence-corrected chi connectivity index (χ2v) is 11.4. The second kappa shape index (κ2) is 9.38. The predicted molar refractivity (Wildman–Crippen MR) is 149 cm³/mol. The summed E-state index contributed by atoms with van der Waals surface area (Å²) in [4.78, 5) is 11.4. The molecule has 0 amide bonds. The Kier molecular flexibility index (Phi) is 5.81. The van der Waals surface area contributed by atoms with Crippen molar-refractivity contribution >= 4 is 17.2 Å². The minimum atomic E-state index is -0.969. The first-order valence-electron chi connectivity index (χ1n) is 13.8. The second-order valence-electron chi connectivity index (χ2n) is 11.4. The topological polar surface area (TPSA) is 94.6 Å². The number of nitrogens with zero attached hydrogens (tertiary/aromatic N) is 6. The summed E-state index contributed by atoms with van der Waals surface area (Å²) < 4.78 is 14.6. The first-order valence-corrected chi connectivity index (χ1v) is 13.8. The maximum Gasteiger partial charge on any atom is 0.169 e. The standard InChI is InChI=1S/C30H32FN7O/c31-30(20-7-8-20)18-36(19-30)13-3-4-21-14-22(11-12-33-21)38-23-9-10-24(38)17-37(16-23)27-15-26(34-35-29(27)32)25-5-1-2-6-28(25)39/h1-2,5-6,11-12,14-15,20,23-24,39H,7-10,13,16-19H2,(H2,32,35). The average Bonchev–Trinajstić information content (AvgIpc) is 3.74. The van der Waals surface area contributed by atoms with Crippen LogP contribution in [0.1, 0.15) is 31.4 Å². The summed E-state index contributed by atoms with van der Waals surface area (Å²) in [5, 5.41) is 18.8. The number of halogens is 1. The molecule has 3 aromatic rings. The molecule has 39 heavy (non-hydrogen) atoms. The number of hydrogen-bond donors (Lipinski definition) is 2. The number of alkyl halides is 1. The molecule has 2 unspecified atom stereocenters. The van der Waals surface area contributed by atoms with Crippen LogP contribution in [0.5, 0.6) is 5.75 Å². The van der Waals surface area contributed by atoms with Gasteiger partial charge in [-0.2, -0.15) is 0 Å². The number of nitrogen functional groups attached to an aromatic ring is 1. The van der Waals surface area contributed by atoms with E-state index >= 15 is 0 Å². The molecule has 4 fully saturated rings. The third-order valence-electron chi connectivity index (χ3n) is 8.65. The Morgan fingerprint density at radius 1 is 1.03 bits per heavy atom. The van der Waals surface area contributed by atoms with Crippen LogP contribution in [0.2, 0.25) is 0 Å². The van der Waals surface area contributed by atoms with Gasteiger partial charge in [-0.1, -0.05) is 18.1 Å². The van der Waals surface area contributed by atoms with E-state index < -0.39 is 5.67 Å². The number of aromatic nitrogens is 3. The van der Waals surface area contributed by atoms with Gasteiger partial charge in [-0.15, -0.1) is 10.2 Å². The summed E-state index contributed by atoms with van der Waals surface area (Å²) >= 11 is 0. The number of rotatable bonds is 5. The Morgan fingerprint density at radius 3 is 2.54 bits per heavy atom. The maximum absolute atomic E-state index is 14.6. The monoisotopic (exact) mass is 525 g/mol. The highest BCUT2D eigenvalue weighted by Crippen LogP contribution is 2.47. The highest BCUT2D eigenvalue weighted by atomic mass is 19.1. The van der Waals surface area contributed by atoms with E-state index in [9.17, 15) is 9.50 Å². The number of anilines is 3. The van der Waals surface area contributed by atoms with E-state index in [2.05, 4.69) is 53.9 Å². The summed E-state index contributed by atoms with van der Waals surface area (Å²) in [5.74, 6) is 7.25. The van der Waals surface area contributed by atoms with Gasteiger partial charge in [0.15, 0.2) is 5.82 Å². The smallest absolute Gasteiger partial charge is 0.169 e.